The first-order chi connectivity index (χ1) is 10.9. The van der Waals surface area contributed by atoms with Crippen molar-refractivity contribution in [3.8, 4) is 0 Å². The summed E-state index contributed by atoms with van der Waals surface area (Å²) in [6.07, 6.45) is 0. The Hall–Kier alpha value is -1.10. The Morgan fingerprint density at radius 1 is 1.30 bits per heavy atom. The molecule has 5 heteroatoms. The number of benzene rings is 1. The number of hydrogen-bond donors (Lipinski definition) is 0. The van der Waals surface area contributed by atoms with Crippen LogP contribution in [0.3, 0.4) is 0 Å². The molecular formula is C18H27ClN4. The summed E-state index contributed by atoms with van der Waals surface area (Å²) in [6, 6.07) is 6.64. The fourth-order valence-corrected chi connectivity index (χ4v) is 4.18. The number of aryl methyl sites for hydroxylation is 1. The lowest BCUT2D eigenvalue weighted by Crippen LogP contribution is -2.37. The van der Waals surface area contributed by atoms with Crippen molar-refractivity contribution in [1.82, 2.24) is 19.6 Å². The van der Waals surface area contributed by atoms with Crippen LogP contribution in [0, 0.1) is 11.8 Å². The van der Waals surface area contributed by atoms with E-state index in [1.54, 1.807) is 0 Å². The third-order valence-electron chi connectivity index (χ3n) is 5.20. The quantitative estimate of drug-likeness (QED) is 0.858. The lowest BCUT2D eigenvalue weighted by molar-refractivity contribution is 0.215. The molecule has 0 radical (unpaired) electrons. The van der Waals surface area contributed by atoms with Crippen molar-refractivity contribution in [3.63, 3.8) is 0 Å². The van der Waals surface area contributed by atoms with Crippen molar-refractivity contribution in [2.45, 2.75) is 26.4 Å². The largest absolute Gasteiger partial charge is 0.305 e. The average Bonchev–Trinajstić information content (AvgIpc) is 3.03. The van der Waals surface area contributed by atoms with E-state index in [0.29, 0.717) is 17.9 Å². The van der Waals surface area contributed by atoms with Crippen LogP contribution in [0.15, 0.2) is 18.2 Å². The molecule has 126 valence electrons. The number of hydrogen-bond acceptors (Lipinski definition) is 3. The van der Waals surface area contributed by atoms with E-state index >= 15 is 0 Å². The van der Waals surface area contributed by atoms with Crippen LogP contribution in [0.4, 0.5) is 0 Å². The smallest absolute Gasteiger partial charge is 0.0858 e. The molecule has 1 saturated heterocycles. The lowest BCUT2D eigenvalue weighted by Gasteiger charge is -2.27. The van der Waals surface area contributed by atoms with Gasteiger partial charge in [-0.15, -0.1) is 0 Å². The van der Waals surface area contributed by atoms with Gasteiger partial charge in [0.05, 0.1) is 16.2 Å². The minimum Gasteiger partial charge on any atom is -0.305 e. The molecule has 0 N–H and O–H groups in total. The molecule has 2 aromatic rings. The van der Waals surface area contributed by atoms with Crippen LogP contribution in [0.1, 0.15) is 19.5 Å². The molecule has 0 amide bonds. The number of aromatic nitrogens is 2. The number of likely N-dealkylation sites (N-methyl/N-ethyl adjacent to an activating group) is 1. The van der Waals surface area contributed by atoms with Crippen LogP contribution < -0.4 is 0 Å². The molecule has 23 heavy (non-hydrogen) atoms. The summed E-state index contributed by atoms with van der Waals surface area (Å²) in [7, 11) is 6.37. The van der Waals surface area contributed by atoms with Gasteiger partial charge in [-0.2, -0.15) is 5.10 Å². The molecule has 0 bridgehead atoms. The van der Waals surface area contributed by atoms with Gasteiger partial charge < -0.3 is 4.90 Å². The standard InChI is InChI=1S/C18H27ClN4/c1-12(2)13-9-23(11-17(13)21(3)4)10-15-18-14(19)7-6-8-16(18)22(5)20-15/h6-8,12-13,17H,9-11H2,1-5H3/t13-,17+/m0/s1. The predicted octanol–water partition coefficient (Wildman–Crippen LogP) is 3.24. The Bertz CT molecular complexity index is 676. The summed E-state index contributed by atoms with van der Waals surface area (Å²) in [5, 5.41) is 6.63. The fraction of sp³-hybridized carbons (Fsp3) is 0.611. The van der Waals surface area contributed by atoms with Crippen LogP contribution in [0.5, 0.6) is 0 Å². The molecule has 1 aromatic heterocycles. The van der Waals surface area contributed by atoms with E-state index in [1.807, 2.05) is 23.9 Å². The summed E-state index contributed by atoms with van der Waals surface area (Å²) >= 11 is 6.44. The van der Waals surface area contributed by atoms with E-state index in [0.717, 1.165) is 41.3 Å². The van der Waals surface area contributed by atoms with Gasteiger partial charge in [0.15, 0.2) is 0 Å². The number of nitrogens with zero attached hydrogens (tertiary/aromatic N) is 4. The van der Waals surface area contributed by atoms with Gasteiger partial charge in [-0.3, -0.25) is 9.58 Å². The van der Waals surface area contributed by atoms with Gasteiger partial charge in [-0.05, 0) is 38.1 Å². The van der Waals surface area contributed by atoms with Crippen molar-refractivity contribution >= 4 is 22.5 Å². The fourth-order valence-electron chi connectivity index (χ4n) is 3.90. The van der Waals surface area contributed by atoms with Crippen molar-refractivity contribution in [2.24, 2.45) is 18.9 Å². The van der Waals surface area contributed by atoms with E-state index in [4.69, 9.17) is 16.7 Å². The Balaban J connectivity index is 1.86. The number of likely N-dealkylation sites (tertiary alicyclic amines) is 1. The highest BCUT2D eigenvalue weighted by atomic mass is 35.5. The highest BCUT2D eigenvalue weighted by Crippen LogP contribution is 2.31. The average molecular weight is 335 g/mol. The van der Waals surface area contributed by atoms with Gasteiger partial charge in [-0.25, -0.2) is 0 Å². The molecule has 1 fully saturated rings. The normalized spacial score (nSPS) is 22.8. The molecule has 0 unspecified atom stereocenters. The van der Waals surface area contributed by atoms with Gasteiger partial charge in [0.25, 0.3) is 0 Å². The van der Waals surface area contributed by atoms with Crippen LogP contribution in [-0.2, 0) is 13.6 Å². The second kappa shape index (κ2) is 6.42. The van der Waals surface area contributed by atoms with Crippen molar-refractivity contribution in [1.29, 1.82) is 0 Å². The first-order valence-electron chi connectivity index (χ1n) is 8.37. The van der Waals surface area contributed by atoms with Crippen molar-refractivity contribution in [3.05, 3.63) is 28.9 Å². The highest BCUT2D eigenvalue weighted by molar-refractivity contribution is 6.35. The molecule has 0 aliphatic carbocycles. The molecule has 2 heterocycles. The monoisotopic (exact) mass is 334 g/mol. The van der Waals surface area contributed by atoms with E-state index in [9.17, 15) is 0 Å². The van der Waals surface area contributed by atoms with Crippen LogP contribution >= 0.6 is 11.6 Å². The molecule has 2 atom stereocenters. The first kappa shape index (κ1) is 16.7. The first-order valence-corrected chi connectivity index (χ1v) is 8.75. The Kier molecular flexibility index (Phi) is 4.68. The molecule has 4 nitrogen and oxygen atoms in total. The second-order valence-electron chi connectivity index (χ2n) is 7.34. The summed E-state index contributed by atoms with van der Waals surface area (Å²) in [5.74, 6) is 1.40. The number of fused-ring (bicyclic) bond motifs is 1. The molecule has 1 aliphatic rings. The van der Waals surface area contributed by atoms with Crippen LogP contribution in [0.25, 0.3) is 10.9 Å². The maximum Gasteiger partial charge on any atom is 0.0858 e. The third kappa shape index (κ3) is 3.12. The lowest BCUT2D eigenvalue weighted by atomic mass is 9.91. The Morgan fingerprint density at radius 3 is 2.65 bits per heavy atom. The van der Waals surface area contributed by atoms with Gasteiger partial charge in [0.1, 0.15) is 0 Å². The minimum atomic E-state index is 0.612. The summed E-state index contributed by atoms with van der Waals surface area (Å²) in [6.45, 7) is 7.76. The molecule has 1 aromatic carbocycles. The SMILES string of the molecule is CC(C)[C@@H]1CN(Cc2nn(C)c3cccc(Cl)c23)C[C@H]1N(C)C. The zero-order chi connectivity index (χ0) is 16.7. The highest BCUT2D eigenvalue weighted by Gasteiger charge is 2.36. The Morgan fingerprint density at radius 2 is 2.04 bits per heavy atom. The van der Waals surface area contributed by atoms with Gasteiger partial charge >= 0.3 is 0 Å². The Labute approximate surface area is 144 Å². The molecular weight excluding hydrogens is 308 g/mol. The van der Waals surface area contributed by atoms with Crippen LogP contribution in [0.2, 0.25) is 5.02 Å². The van der Waals surface area contributed by atoms with Crippen molar-refractivity contribution < 1.29 is 0 Å². The maximum atomic E-state index is 6.44. The van der Waals surface area contributed by atoms with Gasteiger partial charge in [0, 0.05) is 38.1 Å². The molecule has 0 spiro atoms. The summed E-state index contributed by atoms with van der Waals surface area (Å²) in [4.78, 5) is 4.90. The molecule has 3 rings (SSSR count). The van der Waals surface area contributed by atoms with Gasteiger partial charge in [0.2, 0.25) is 0 Å². The summed E-state index contributed by atoms with van der Waals surface area (Å²) < 4.78 is 1.94. The summed E-state index contributed by atoms with van der Waals surface area (Å²) in [5.41, 5.74) is 2.20. The predicted molar refractivity (Wildman–Crippen MR) is 96.8 cm³/mol. The van der Waals surface area contributed by atoms with Crippen LogP contribution in [-0.4, -0.2) is 52.8 Å². The zero-order valence-corrected chi connectivity index (χ0v) is 15.5. The van der Waals surface area contributed by atoms with Gasteiger partial charge in [-0.1, -0.05) is 31.5 Å². The van der Waals surface area contributed by atoms with E-state index in [1.165, 1.54) is 0 Å². The van der Waals surface area contributed by atoms with E-state index in [-0.39, 0.29) is 0 Å². The topological polar surface area (TPSA) is 24.3 Å². The minimum absolute atomic E-state index is 0.612. The van der Waals surface area contributed by atoms with Crippen molar-refractivity contribution in [2.75, 3.05) is 27.2 Å². The van der Waals surface area contributed by atoms with E-state index < -0.39 is 0 Å². The molecule has 1 aliphatic heterocycles. The second-order valence-corrected chi connectivity index (χ2v) is 7.74. The number of halogens is 1. The zero-order valence-electron chi connectivity index (χ0n) is 14.8. The molecule has 0 saturated carbocycles. The van der Waals surface area contributed by atoms with E-state index in [2.05, 4.69) is 43.8 Å². The number of rotatable bonds is 4. The third-order valence-corrected chi connectivity index (χ3v) is 5.52. The maximum absolute atomic E-state index is 6.44.